The Kier molecular flexibility index (Phi) is 6.58. The highest BCUT2D eigenvalue weighted by atomic mass is 35.5. The minimum absolute atomic E-state index is 0. The molecule has 4 rings (SSSR count). The number of nitrogens with zero attached hydrogens (tertiary/aromatic N) is 4. The average molecular weight is 425 g/mol. The standard InChI is InChI=1S/C24H28N4O.ClH/c1-6-8-14-27(7-2)24-20-10-9-11-21(20)25-23-22(17(4)26-28(23)24)19-13-12-18(29-5)15-16(19)3;/h12-13,15H,7,9-11,14H2,1-5H3;1H. The van der Waals surface area contributed by atoms with Crippen molar-refractivity contribution in [1.82, 2.24) is 14.6 Å². The summed E-state index contributed by atoms with van der Waals surface area (Å²) >= 11 is 0. The second-order valence-corrected chi connectivity index (χ2v) is 7.53. The molecule has 1 aliphatic rings. The highest BCUT2D eigenvalue weighted by Crippen LogP contribution is 2.37. The molecule has 0 atom stereocenters. The molecule has 0 unspecified atom stereocenters. The molecule has 6 heteroatoms. The molecule has 2 heterocycles. The van der Waals surface area contributed by atoms with Gasteiger partial charge < -0.3 is 9.64 Å². The van der Waals surface area contributed by atoms with Gasteiger partial charge in [-0.15, -0.1) is 18.3 Å². The van der Waals surface area contributed by atoms with Crippen molar-refractivity contribution in [3.63, 3.8) is 0 Å². The number of benzene rings is 1. The quantitative estimate of drug-likeness (QED) is 0.552. The van der Waals surface area contributed by atoms with E-state index in [0.717, 1.165) is 65.4 Å². The summed E-state index contributed by atoms with van der Waals surface area (Å²) in [6.07, 6.45) is 3.23. The lowest BCUT2D eigenvalue weighted by molar-refractivity contribution is 0.414. The lowest BCUT2D eigenvalue weighted by Gasteiger charge is -2.24. The number of fused-ring (bicyclic) bond motifs is 2. The van der Waals surface area contributed by atoms with Crippen molar-refractivity contribution in [2.24, 2.45) is 0 Å². The number of aromatic nitrogens is 3. The molecule has 0 radical (unpaired) electrons. The molecular weight excluding hydrogens is 396 g/mol. The zero-order chi connectivity index (χ0) is 20.5. The summed E-state index contributed by atoms with van der Waals surface area (Å²) in [6.45, 7) is 9.85. The first-order chi connectivity index (χ1) is 14.1. The average Bonchev–Trinajstić information content (AvgIpc) is 3.31. The maximum Gasteiger partial charge on any atom is 0.165 e. The summed E-state index contributed by atoms with van der Waals surface area (Å²) in [6, 6.07) is 6.20. The number of aryl methyl sites for hydroxylation is 3. The predicted octanol–water partition coefficient (Wildman–Crippen LogP) is 4.78. The highest BCUT2D eigenvalue weighted by molar-refractivity contribution is 5.85. The van der Waals surface area contributed by atoms with Crippen LogP contribution >= 0.6 is 12.4 Å². The van der Waals surface area contributed by atoms with Gasteiger partial charge in [-0.2, -0.15) is 9.61 Å². The van der Waals surface area contributed by atoms with Crippen molar-refractivity contribution in [2.45, 2.75) is 47.0 Å². The van der Waals surface area contributed by atoms with Gasteiger partial charge >= 0.3 is 0 Å². The molecule has 30 heavy (non-hydrogen) atoms. The summed E-state index contributed by atoms with van der Waals surface area (Å²) in [4.78, 5) is 7.43. The van der Waals surface area contributed by atoms with Crippen molar-refractivity contribution in [2.75, 3.05) is 25.1 Å². The highest BCUT2D eigenvalue weighted by Gasteiger charge is 2.26. The molecule has 0 N–H and O–H groups in total. The maximum absolute atomic E-state index is 5.39. The van der Waals surface area contributed by atoms with Gasteiger partial charge in [0.25, 0.3) is 0 Å². The molecule has 0 spiro atoms. The molecule has 2 aromatic heterocycles. The van der Waals surface area contributed by atoms with Crippen LogP contribution in [0.25, 0.3) is 16.8 Å². The van der Waals surface area contributed by atoms with Crippen LogP contribution in [0.4, 0.5) is 5.82 Å². The first-order valence-corrected chi connectivity index (χ1v) is 10.3. The van der Waals surface area contributed by atoms with E-state index in [1.807, 2.05) is 13.0 Å². The lowest BCUT2D eigenvalue weighted by atomic mass is 10.0. The fraction of sp³-hybridized carbons (Fsp3) is 0.417. The Labute approximate surface area is 184 Å². The molecule has 0 amide bonds. The number of methoxy groups -OCH3 is 1. The molecule has 0 saturated carbocycles. The van der Waals surface area contributed by atoms with Gasteiger partial charge in [-0.1, -0.05) is 12.0 Å². The fourth-order valence-corrected chi connectivity index (χ4v) is 4.31. The zero-order valence-corrected chi connectivity index (χ0v) is 19.2. The second-order valence-electron chi connectivity index (χ2n) is 7.53. The number of rotatable bonds is 5. The van der Waals surface area contributed by atoms with E-state index >= 15 is 0 Å². The van der Waals surface area contributed by atoms with Crippen LogP contribution in [0.15, 0.2) is 18.2 Å². The van der Waals surface area contributed by atoms with E-state index in [-0.39, 0.29) is 12.4 Å². The van der Waals surface area contributed by atoms with Gasteiger partial charge in [0, 0.05) is 23.4 Å². The minimum Gasteiger partial charge on any atom is -0.497 e. The van der Waals surface area contributed by atoms with Crippen LogP contribution in [0, 0.1) is 25.7 Å². The molecule has 5 nitrogen and oxygen atoms in total. The number of halogens is 1. The van der Waals surface area contributed by atoms with Crippen molar-refractivity contribution < 1.29 is 4.74 Å². The van der Waals surface area contributed by atoms with Crippen molar-refractivity contribution in [3.8, 4) is 28.7 Å². The minimum atomic E-state index is 0. The Bertz CT molecular complexity index is 1140. The molecule has 1 aromatic carbocycles. The van der Waals surface area contributed by atoms with E-state index in [2.05, 4.69) is 54.2 Å². The van der Waals surface area contributed by atoms with Crippen molar-refractivity contribution >= 4 is 23.9 Å². The monoisotopic (exact) mass is 424 g/mol. The summed E-state index contributed by atoms with van der Waals surface area (Å²) in [7, 11) is 1.70. The lowest BCUT2D eigenvalue weighted by Crippen LogP contribution is -2.27. The Morgan fingerprint density at radius 2 is 2.03 bits per heavy atom. The molecule has 0 aliphatic heterocycles. The van der Waals surface area contributed by atoms with Gasteiger partial charge in [0.1, 0.15) is 11.6 Å². The number of anilines is 1. The van der Waals surface area contributed by atoms with Crippen LogP contribution in [0.3, 0.4) is 0 Å². The molecule has 0 saturated heterocycles. The van der Waals surface area contributed by atoms with E-state index < -0.39 is 0 Å². The molecule has 3 aromatic rings. The number of ether oxygens (including phenoxy) is 1. The van der Waals surface area contributed by atoms with Crippen LogP contribution < -0.4 is 9.64 Å². The normalized spacial score (nSPS) is 12.2. The second kappa shape index (κ2) is 8.97. The van der Waals surface area contributed by atoms with E-state index in [9.17, 15) is 0 Å². The Morgan fingerprint density at radius 1 is 1.23 bits per heavy atom. The van der Waals surface area contributed by atoms with E-state index in [1.54, 1.807) is 7.11 Å². The summed E-state index contributed by atoms with van der Waals surface area (Å²) < 4.78 is 7.45. The third-order valence-electron chi connectivity index (χ3n) is 5.77. The van der Waals surface area contributed by atoms with Crippen molar-refractivity contribution in [1.29, 1.82) is 0 Å². The molecule has 0 fully saturated rings. The largest absolute Gasteiger partial charge is 0.497 e. The SMILES string of the molecule is CC#CCN(CC)c1c2c(nc3c(-c4ccc(OC)cc4C)c(C)nn13)CCC2.Cl. The van der Waals surface area contributed by atoms with Crippen LogP contribution in [-0.4, -0.2) is 34.8 Å². The number of hydrogen-bond acceptors (Lipinski definition) is 4. The van der Waals surface area contributed by atoms with Crippen LogP contribution in [-0.2, 0) is 12.8 Å². The van der Waals surface area contributed by atoms with Crippen molar-refractivity contribution in [3.05, 3.63) is 40.7 Å². The summed E-state index contributed by atoms with van der Waals surface area (Å²) in [5.74, 6) is 8.29. The summed E-state index contributed by atoms with van der Waals surface area (Å²) in [5, 5.41) is 4.96. The molecule has 1 aliphatic carbocycles. The first-order valence-electron chi connectivity index (χ1n) is 10.3. The Hall–Kier alpha value is -2.71. The van der Waals surface area contributed by atoms with Gasteiger partial charge in [-0.05, 0) is 70.2 Å². The van der Waals surface area contributed by atoms with Gasteiger partial charge in [-0.3, -0.25) is 0 Å². The van der Waals surface area contributed by atoms with E-state index in [1.165, 1.54) is 11.3 Å². The topological polar surface area (TPSA) is 42.7 Å². The molecule has 158 valence electrons. The van der Waals surface area contributed by atoms with Gasteiger partial charge in [0.2, 0.25) is 0 Å². The summed E-state index contributed by atoms with van der Waals surface area (Å²) in [5.41, 5.74) is 7.91. The van der Waals surface area contributed by atoms with Gasteiger partial charge in [0.15, 0.2) is 5.65 Å². The van der Waals surface area contributed by atoms with Crippen LogP contribution in [0.5, 0.6) is 5.75 Å². The molecular formula is C24H29ClN4O. The molecule has 0 bridgehead atoms. The van der Waals surface area contributed by atoms with Gasteiger partial charge in [-0.25, -0.2) is 4.98 Å². The Balaban J connectivity index is 0.00000256. The Morgan fingerprint density at radius 3 is 2.70 bits per heavy atom. The first kappa shape index (κ1) is 22.0. The van der Waals surface area contributed by atoms with Crippen LogP contribution in [0.1, 0.15) is 42.8 Å². The van der Waals surface area contributed by atoms with E-state index in [4.69, 9.17) is 14.8 Å². The maximum atomic E-state index is 5.39. The predicted molar refractivity (Wildman–Crippen MR) is 125 cm³/mol. The van der Waals surface area contributed by atoms with Gasteiger partial charge in [0.05, 0.1) is 19.3 Å². The fourth-order valence-electron chi connectivity index (χ4n) is 4.31. The number of hydrogen-bond donors (Lipinski definition) is 0. The smallest absolute Gasteiger partial charge is 0.165 e. The third kappa shape index (κ3) is 3.61. The zero-order valence-electron chi connectivity index (χ0n) is 18.4. The third-order valence-corrected chi connectivity index (χ3v) is 5.77. The van der Waals surface area contributed by atoms with E-state index in [0.29, 0.717) is 6.54 Å². The van der Waals surface area contributed by atoms with Crippen LogP contribution in [0.2, 0.25) is 0 Å².